The Morgan fingerprint density at radius 2 is 1.72 bits per heavy atom. The molecule has 2 aromatic rings. The summed E-state index contributed by atoms with van der Waals surface area (Å²) in [4.78, 5) is 40.3. The molecule has 7 nitrogen and oxygen atoms in total. The molecule has 1 aliphatic heterocycles. The van der Waals surface area contributed by atoms with Crippen LogP contribution in [0.15, 0.2) is 54.6 Å². The van der Waals surface area contributed by atoms with Gasteiger partial charge in [0.25, 0.3) is 0 Å². The van der Waals surface area contributed by atoms with Crippen LogP contribution in [0.5, 0.6) is 5.75 Å². The van der Waals surface area contributed by atoms with Gasteiger partial charge in [0.05, 0.1) is 13.0 Å². The Balaban J connectivity index is 1.52. The van der Waals surface area contributed by atoms with Gasteiger partial charge < -0.3 is 19.9 Å². The van der Waals surface area contributed by atoms with Crippen LogP contribution < -0.4 is 15.0 Å². The fourth-order valence-electron chi connectivity index (χ4n) is 3.22. The highest BCUT2D eigenvalue weighted by molar-refractivity contribution is 6.41. The van der Waals surface area contributed by atoms with Crippen LogP contribution in [0.2, 0.25) is 0 Å². The van der Waals surface area contributed by atoms with Crippen LogP contribution in [0, 0.1) is 5.92 Å². The summed E-state index contributed by atoms with van der Waals surface area (Å²) in [6.45, 7) is 3.17. The van der Waals surface area contributed by atoms with E-state index >= 15 is 0 Å². The van der Waals surface area contributed by atoms with Gasteiger partial charge in [0.15, 0.2) is 0 Å². The maximum atomic E-state index is 12.5. The van der Waals surface area contributed by atoms with Crippen molar-refractivity contribution in [3.63, 3.8) is 0 Å². The molecule has 0 spiro atoms. The zero-order valence-corrected chi connectivity index (χ0v) is 16.6. The number of amides is 3. The number of piperazine rings is 1. The van der Waals surface area contributed by atoms with Gasteiger partial charge in [-0.2, -0.15) is 0 Å². The monoisotopic (exact) mass is 395 g/mol. The summed E-state index contributed by atoms with van der Waals surface area (Å²) < 4.78 is 5.12. The van der Waals surface area contributed by atoms with Gasteiger partial charge in [0.1, 0.15) is 5.75 Å². The highest BCUT2D eigenvalue weighted by Gasteiger charge is 2.34. The molecule has 1 N–H and O–H groups in total. The second kappa shape index (κ2) is 9.23. The summed E-state index contributed by atoms with van der Waals surface area (Å²) in [5, 5.41) is 2.87. The Hall–Kier alpha value is -3.35. The predicted molar refractivity (Wildman–Crippen MR) is 109 cm³/mol. The molecule has 3 amide bonds. The van der Waals surface area contributed by atoms with E-state index in [1.807, 2.05) is 42.5 Å². The molecule has 1 aliphatic rings. The second-order valence-corrected chi connectivity index (χ2v) is 7.01. The van der Waals surface area contributed by atoms with E-state index in [0.29, 0.717) is 25.3 Å². The predicted octanol–water partition coefficient (Wildman–Crippen LogP) is 1.82. The SMILES string of the molecule is COc1ccc(CNC(=O)[C@@H](C)CN2CCN(c3ccccc3)C(=O)C2=O)cc1. The zero-order chi connectivity index (χ0) is 20.8. The van der Waals surface area contributed by atoms with Crippen LogP contribution in [0.4, 0.5) is 5.69 Å². The highest BCUT2D eigenvalue weighted by Crippen LogP contribution is 2.18. The van der Waals surface area contributed by atoms with Crippen LogP contribution in [-0.2, 0) is 20.9 Å². The summed E-state index contributed by atoms with van der Waals surface area (Å²) in [7, 11) is 1.60. The van der Waals surface area contributed by atoms with Crippen LogP contribution in [0.25, 0.3) is 0 Å². The van der Waals surface area contributed by atoms with E-state index in [1.54, 1.807) is 26.2 Å². The van der Waals surface area contributed by atoms with Crippen molar-refractivity contribution in [2.45, 2.75) is 13.5 Å². The van der Waals surface area contributed by atoms with Gasteiger partial charge in [0, 0.05) is 31.9 Å². The number of nitrogens with one attached hydrogen (secondary N) is 1. The first-order valence-electron chi connectivity index (χ1n) is 9.56. The molecule has 7 heteroatoms. The molecule has 0 aromatic heterocycles. The number of ether oxygens (including phenoxy) is 1. The highest BCUT2D eigenvalue weighted by atomic mass is 16.5. The number of hydrogen-bond donors (Lipinski definition) is 1. The van der Waals surface area contributed by atoms with E-state index < -0.39 is 17.7 Å². The summed E-state index contributed by atoms with van der Waals surface area (Å²) in [6.07, 6.45) is 0. The topological polar surface area (TPSA) is 79.0 Å². The summed E-state index contributed by atoms with van der Waals surface area (Å²) >= 11 is 0. The van der Waals surface area contributed by atoms with Crippen molar-refractivity contribution >= 4 is 23.4 Å². The third-order valence-electron chi connectivity index (χ3n) is 4.94. The molecule has 0 aliphatic carbocycles. The molecule has 2 aromatic carbocycles. The Bertz CT molecular complexity index is 867. The standard InChI is InChI=1S/C22H25N3O4/c1-16(20(26)23-14-17-8-10-19(29-2)11-9-17)15-24-12-13-25(22(28)21(24)27)18-6-4-3-5-7-18/h3-11,16H,12-15H2,1-2H3,(H,23,26)/t16-/m0/s1. The molecular formula is C22H25N3O4. The minimum absolute atomic E-state index is 0.161. The Kier molecular flexibility index (Phi) is 6.49. The Morgan fingerprint density at radius 3 is 2.38 bits per heavy atom. The fraction of sp³-hybridized carbons (Fsp3) is 0.318. The van der Waals surface area contributed by atoms with Crippen LogP contribution in [0.1, 0.15) is 12.5 Å². The maximum Gasteiger partial charge on any atom is 0.316 e. The number of nitrogens with zero attached hydrogens (tertiary/aromatic N) is 2. The Morgan fingerprint density at radius 1 is 1.03 bits per heavy atom. The molecule has 0 saturated carbocycles. The van der Waals surface area contributed by atoms with E-state index in [-0.39, 0.29) is 12.5 Å². The van der Waals surface area contributed by atoms with E-state index in [4.69, 9.17) is 4.74 Å². The van der Waals surface area contributed by atoms with Gasteiger partial charge in [-0.1, -0.05) is 37.3 Å². The number of hydrogen-bond acceptors (Lipinski definition) is 4. The van der Waals surface area contributed by atoms with Gasteiger partial charge >= 0.3 is 11.8 Å². The minimum Gasteiger partial charge on any atom is -0.497 e. The first kappa shape index (κ1) is 20.4. The average molecular weight is 395 g/mol. The third kappa shape index (κ3) is 4.93. The van der Waals surface area contributed by atoms with E-state index in [2.05, 4.69) is 5.32 Å². The van der Waals surface area contributed by atoms with Gasteiger partial charge in [-0.3, -0.25) is 14.4 Å². The van der Waals surface area contributed by atoms with Crippen molar-refractivity contribution in [1.82, 2.24) is 10.2 Å². The number of carbonyl (C=O) groups is 3. The molecule has 1 atom stereocenters. The van der Waals surface area contributed by atoms with E-state index in [9.17, 15) is 14.4 Å². The number of anilines is 1. The van der Waals surface area contributed by atoms with Crippen LogP contribution in [0.3, 0.4) is 0 Å². The molecule has 1 fully saturated rings. The molecular weight excluding hydrogens is 370 g/mol. The quantitative estimate of drug-likeness (QED) is 0.726. The number of carbonyl (C=O) groups excluding carboxylic acids is 3. The van der Waals surface area contributed by atoms with Crippen molar-refractivity contribution < 1.29 is 19.1 Å². The smallest absolute Gasteiger partial charge is 0.316 e. The normalized spacial score (nSPS) is 15.2. The van der Waals surface area contributed by atoms with Crippen molar-refractivity contribution in [3.8, 4) is 5.75 Å². The number of benzene rings is 2. The summed E-state index contributed by atoms with van der Waals surface area (Å²) in [5.41, 5.74) is 1.66. The maximum absolute atomic E-state index is 12.5. The zero-order valence-electron chi connectivity index (χ0n) is 16.6. The lowest BCUT2D eigenvalue weighted by molar-refractivity contribution is -0.147. The molecule has 0 radical (unpaired) electrons. The van der Waals surface area contributed by atoms with Crippen molar-refractivity contribution in [2.75, 3.05) is 31.6 Å². The van der Waals surface area contributed by atoms with Crippen molar-refractivity contribution in [1.29, 1.82) is 0 Å². The van der Waals surface area contributed by atoms with E-state index in [1.165, 1.54) is 9.80 Å². The fourth-order valence-corrected chi connectivity index (χ4v) is 3.22. The molecule has 29 heavy (non-hydrogen) atoms. The largest absolute Gasteiger partial charge is 0.497 e. The number of rotatable bonds is 7. The summed E-state index contributed by atoms with van der Waals surface area (Å²) in [6, 6.07) is 16.6. The van der Waals surface area contributed by atoms with Gasteiger partial charge in [-0.15, -0.1) is 0 Å². The summed E-state index contributed by atoms with van der Waals surface area (Å²) in [5.74, 6) is -0.964. The van der Waals surface area contributed by atoms with Crippen molar-refractivity contribution in [2.24, 2.45) is 5.92 Å². The lowest BCUT2D eigenvalue weighted by atomic mass is 10.1. The molecule has 0 bridgehead atoms. The van der Waals surface area contributed by atoms with Crippen LogP contribution in [-0.4, -0.2) is 49.4 Å². The molecule has 3 rings (SSSR count). The molecule has 0 unspecified atom stereocenters. The molecule has 1 heterocycles. The third-order valence-corrected chi connectivity index (χ3v) is 4.94. The lowest BCUT2D eigenvalue weighted by Gasteiger charge is -2.34. The number of methoxy groups -OCH3 is 1. The first-order chi connectivity index (χ1) is 14.0. The van der Waals surface area contributed by atoms with Crippen LogP contribution >= 0.6 is 0 Å². The molecule has 1 saturated heterocycles. The Labute approximate surface area is 170 Å². The minimum atomic E-state index is -0.574. The van der Waals surface area contributed by atoms with Crippen molar-refractivity contribution in [3.05, 3.63) is 60.2 Å². The van der Waals surface area contributed by atoms with Gasteiger partial charge in [-0.25, -0.2) is 0 Å². The average Bonchev–Trinajstić information content (AvgIpc) is 2.76. The van der Waals surface area contributed by atoms with Gasteiger partial charge in [0.2, 0.25) is 5.91 Å². The van der Waals surface area contributed by atoms with E-state index in [0.717, 1.165) is 11.3 Å². The first-order valence-corrected chi connectivity index (χ1v) is 9.56. The second-order valence-electron chi connectivity index (χ2n) is 7.01. The number of para-hydroxylation sites is 1. The lowest BCUT2D eigenvalue weighted by Crippen LogP contribution is -2.56. The van der Waals surface area contributed by atoms with Gasteiger partial charge in [-0.05, 0) is 29.8 Å². The molecule has 152 valence electrons.